The summed E-state index contributed by atoms with van der Waals surface area (Å²) in [4.78, 5) is 38.0. The summed E-state index contributed by atoms with van der Waals surface area (Å²) in [5.41, 5.74) is 2.95. The van der Waals surface area contributed by atoms with Gasteiger partial charge in [-0.15, -0.1) is 0 Å². The summed E-state index contributed by atoms with van der Waals surface area (Å²) in [7, 11) is 0. The van der Waals surface area contributed by atoms with Crippen LogP contribution in [0.5, 0.6) is 0 Å². The van der Waals surface area contributed by atoms with Crippen LogP contribution in [0.1, 0.15) is 38.7 Å². The maximum Gasteiger partial charge on any atom is 0.229 e. The van der Waals surface area contributed by atoms with Crippen molar-refractivity contribution in [1.29, 1.82) is 0 Å². The Labute approximate surface area is 175 Å². The average Bonchev–Trinajstić information content (AvgIpc) is 3.05. The molecule has 29 heavy (non-hydrogen) atoms. The molecule has 0 saturated carbocycles. The monoisotopic (exact) mass is 413 g/mol. The van der Waals surface area contributed by atoms with Gasteiger partial charge in [-0.05, 0) is 41.8 Å². The number of benzene rings is 2. The second-order valence-corrected chi connectivity index (χ2v) is 7.93. The van der Waals surface area contributed by atoms with Gasteiger partial charge in [0.2, 0.25) is 17.7 Å². The van der Waals surface area contributed by atoms with Crippen LogP contribution in [0.2, 0.25) is 5.02 Å². The Morgan fingerprint density at radius 1 is 1.14 bits per heavy atom. The van der Waals surface area contributed by atoms with E-state index in [9.17, 15) is 14.4 Å². The lowest BCUT2D eigenvalue weighted by molar-refractivity contribution is -0.122. The van der Waals surface area contributed by atoms with E-state index >= 15 is 0 Å². The molecular weight excluding hydrogens is 390 g/mol. The molecule has 3 amide bonds. The van der Waals surface area contributed by atoms with E-state index in [1.54, 1.807) is 23.1 Å². The number of rotatable bonds is 5. The summed E-state index contributed by atoms with van der Waals surface area (Å²) < 4.78 is 0. The van der Waals surface area contributed by atoms with Crippen molar-refractivity contribution in [2.24, 2.45) is 5.92 Å². The maximum absolute atomic E-state index is 12.7. The second kappa shape index (κ2) is 8.66. The van der Waals surface area contributed by atoms with E-state index in [0.717, 1.165) is 11.3 Å². The van der Waals surface area contributed by atoms with E-state index in [0.29, 0.717) is 28.9 Å². The van der Waals surface area contributed by atoms with Crippen LogP contribution in [-0.4, -0.2) is 24.3 Å². The van der Waals surface area contributed by atoms with Crippen LogP contribution in [0.3, 0.4) is 0 Å². The number of nitrogens with one attached hydrogen (secondary N) is 2. The van der Waals surface area contributed by atoms with E-state index in [1.165, 1.54) is 6.92 Å². The van der Waals surface area contributed by atoms with Crippen molar-refractivity contribution in [2.75, 3.05) is 22.1 Å². The summed E-state index contributed by atoms with van der Waals surface area (Å²) in [5, 5.41) is 5.74. The van der Waals surface area contributed by atoms with Gasteiger partial charge in [-0.1, -0.05) is 37.6 Å². The van der Waals surface area contributed by atoms with Crippen LogP contribution >= 0.6 is 11.6 Å². The molecule has 2 aromatic rings. The summed E-state index contributed by atoms with van der Waals surface area (Å²) in [6.45, 7) is 5.93. The molecule has 1 aliphatic rings. The molecular formula is C22H24ClN3O3. The minimum absolute atomic E-state index is 0.0711. The molecule has 7 heteroatoms. The first-order valence-corrected chi connectivity index (χ1v) is 9.90. The highest BCUT2D eigenvalue weighted by molar-refractivity contribution is 6.34. The SMILES string of the molecule is CC(=O)Nc1ccc(NC(=O)C2CC(=O)N(c3cccc(C(C)C)c3)C2)c(Cl)c1. The molecule has 0 bridgehead atoms. The third kappa shape index (κ3) is 4.95. The number of halogens is 1. The number of hydrogen-bond acceptors (Lipinski definition) is 3. The zero-order valence-corrected chi connectivity index (χ0v) is 17.4. The summed E-state index contributed by atoms with van der Waals surface area (Å²) in [5.74, 6) is -0.636. The molecule has 1 unspecified atom stereocenters. The first kappa shape index (κ1) is 20.9. The molecule has 1 aliphatic heterocycles. The van der Waals surface area contributed by atoms with Crippen LogP contribution in [0.25, 0.3) is 0 Å². The lowest BCUT2D eigenvalue weighted by Gasteiger charge is -2.18. The molecule has 1 atom stereocenters. The molecule has 0 aromatic heterocycles. The molecule has 3 rings (SSSR count). The molecule has 152 valence electrons. The predicted molar refractivity (Wildman–Crippen MR) is 115 cm³/mol. The summed E-state index contributed by atoms with van der Waals surface area (Å²) in [6, 6.07) is 12.7. The standard InChI is InChI=1S/C22H24ClN3O3/c1-13(2)15-5-4-6-18(9-15)26-12-16(10-21(26)28)22(29)25-20-8-7-17(11-19(20)23)24-14(3)27/h4-9,11,13,16H,10,12H2,1-3H3,(H,24,27)(H,25,29). The smallest absolute Gasteiger partial charge is 0.229 e. The van der Waals surface area contributed by atoms with Crippen LogP contribution in [0.4, 0.5) is 17.1 Å². The fraction of sp³-hybridized carbons (Fsp3) is 0.318. The van der Waals surface area contributed by atoms with E-state index in [-0.39, 0.29) is 24.1 Å². The van der Waals surface area contributed by atoms with E-state index in [1.807, 2.05) is 24.3 Å². The Kier molecular flexibility index (Phi) is 6.23. The molecule has 1 fully saturated rings. The van der Waals surface area contributed by atoms with Crippen molar-refractivity contribution in [3.63, 3.8) is 0 Å². The highest BCUT2D eigenvalue weighted by atomic mass is 35.5. The number of amides is 3. The van der Waals surface area contributed by atoms with Gasteiger partial charge in [0.1, 0.15) is 0 Å². The Balaban J connectivity index is 1.69. The van der Waals surface area contributed by atoms with Gasteiger partial charge >= 0.3 is 0 Å². The second-order valence-electron chi connectivity index (χ2n) is 7.52. The van der Waals surface area contributed by atoms with Gasteiger partial charge in [-0.2, -0.15) is 0 Å². The molecule has 2 N–H and O–H groups in total. The number of hydrogen-bond donors (Lipinski definition) is 2. The van der Waals surface area contributed by atoms with Crippen LogP contribution in [-0.2, 0) is 14.4 Å². The fourth-order valence-corrected chi connectivity index (χ4v) is 3.54. The largest absolute Gasteiger partial charge is 0.326 e. The van der Waals surface area contributed by atoms with Gasteiger partial charge in [0, 0.05) is 31.3 Å². The van der Waals surface area contributed by atoms with Gasteiger partial charge in [0.05, 0.1) is 16.6 Å². The average molecular weight is 414 g/mol. The van der Waals surface area contributed by atoms with Gasteiger partial charge in [-0.25, -0.2) is 0 Å². The zero-order valence-electron chi connectivity index (χ0n) is 16.7. The van der Waals surface area contributed by atoms with E-state index in [4.69, 9.17) is 11.6 Å². The van der Waals surface area contributed by atoms with Crippen molar-refractivity contribution in [3.05, 3.63) is 53.1 Å². The summed E-state index contributed by atoms with van der Waals surface area (Å²) in [6.07, 6.45) is 0.152. The minimum Gasteiger partial charge on any atom is -0.326 e. The first-order chi connectivity index (χ1) is 13.7. The molecule has 0 aliphatic carbocycles. The zero-order chi connectivity index (χ0) is 21.1. The van der Waals surface area contributed by atoms with Crippen molar-refractivity contribution in [3.8, 4) is 0 Å². The van der Waals surface area contributed by atoms with Gasteiger partial charge < -0.3 is 15.5 Å². The highest BCUT2D eigenvalue weighted by Gasteiger charge is 2.35. The van der Waals surface area contributed by atoms with Crippen molar-refractivity contribution >= 4 is 46.4 Å². The van der Waals surface area contributed by atoms with Gasteiger partial charge in [-0.3, -0.25) is 14.4 Å². The van der Waals surface area contributed by atoms with Crippen LogP contribution in [0, 0.1) is 5.92 Å². The lowest BCUT2D eigenvalue weighted by atomic mass is 10.0. The maximum atomic E-state index is 12.7. The first-order valence-electron chi connectivity index (χ1n) is 9.53. The number of carbonyl (C=O) groups is 3. The molecule has 1 saturated heterocycles. The Morgan fingerprint density at radius 3 is 2.55 bits per heavy atom. The third-order valence-corrected chi connectivity index (χ3v) is 5.20. The van der Waals surface area contributed by atoms with E-state index < -0.39 is 5.92 Å². The molecule has 0 spiro atoms. The normalized spacial score (nSPS) is 16.2. The van der Waals surface area contributed by atoms with E-state index in [2.05, 4.69) is 24.5 Å². The van der Waals surface area contributed by atoms with Gasteiger partial charge in [0.25, 0.3) is 0 Å². The number of nitrogens with zero attached hydrogens (tertiary/aromatic N) is 1. The van der Waals surface area contributed by atoms with Gasteiger partial charge in [0.15, 0.2) is 0 Å². The van der Waals surface area contributed by atoms with Crippen LogP contribution < -0.4 is 15.5 Å². The Morgan fingerprint density at radius 2 is 1.90 bits per heavy atom. The predicted octanol–water partition coefficient (Wildman–Crippen LogP) is 4.41. The minimum atomic E-state index is -0.462. The molecule has 6 nitrogen and oxygen atoms in total. The third-order valence-electron chi connectivity index (χ3n) is 4.89. The van der Waals surface area contributed by atoms with Crippen molar-refractivity contribution in [2.45, 2.75) is 33.1 Å². The number of anilines is 3. The number of carbonyl (C=O) groups excluding carboxylic acids is 3. The van der Waals surface area contributed by atoms with Crippen LogP contribution in [0.15, 0.2) is 42.5 Å². The summed E-state index contributed by atoms with van der Waals surface area (Å²) >= 11 is 6.22. The topological polar surface area (TPSA) is 78.5 Å². The fourth-order valence-electron chi connectivity index (χ4n) is 3.32. The highest BCUT2D eigenvalue weighted by Crippen LogP contribution is 2.30. The quantitative estimate of drug-likeness (QED) is 0.761. The van der Waals surface area contributed by atoms with Crippen molar-refractivity contribution < 1.29 is 14.4 Å². The van der Waals surface area contributed by atoms with Crippen molar-refractivity contribution in [1.82, 2.24) is 0 Å². The molecule has 0 radical (unpaired) electrons. The molecule has 1 heterocycles. The Hall–Kier alpha value is -2.86. The Bertz CT molecular complexity index is 958. The molecule has 2 aromatic carbocycles. The lowest BCUT2D eigenvalue weighted by Crippen LogP contribution is -2.28.